The largest absolute Gasteiger partial charge is 0.474 e. The third kappa shape index (κ3) is 6.62. The van der Waals surface area contributed by atoms with Crippen molar-refractivity contribution in [2.24, 2.45) is 5.16 Å². The molecule has 1 amide bonds. The van der Waals surface area contributed by atoms with Gasteiger partial charge in [-0.2, -0.15) is 4.98 Å². The highest BCUT2D eigenvalue weighted by Gasteiger charge is 2.17. The van der Waals surface area contributed by atoms with E-state index in [2.05, 4.69) is 15.5 Å². The first-order valence-electron chi connectivity index (χ1n) is 9.02. The zero-order chi connectivity index (χ0) is 21.1. The Morgan fingerprint density at radius 1 is 1.17 bits per heavy atom. The maximum atomic E-state index is 12.1. The van der Waals surface area contributed by atoms with E-state index in [9.17, 15) is 4.79 Å². The van der Waals surface area contributed by atoms with Crippen molar-refractivity contribution in [1.29, 1.82) is 0 Å². The third-order valence-electron chi connectivity index (χ3n) is 3.73. The summed E-state index contributed by atoms with van der Waals surface area (Å²) in [6.45, 7) is 3.44. The molecule has 29 heavy (non-hydrogen) atoms. The van der Waals surface area contributed by atoms with Crippen LogP contribution >= 0.6 is 11.6 Å². The Morgan fingerprint density at radius 2 is 1.97 bits per heavy atom. The van der Waals surface area contributed by atoms with Crippen LogP contribution in [-0.2, 0) is 21.0 Å². The number of benzene rings is 1. The average molecular weight is 422 g/mol. The molecule has 0 bridgehead atoms. The Hall–Kier alpha value is -2.84. The first-order valence-corrected chi connectivity index (χ1v) is 9.39. The topological polar surface area (TPSA) is 91.3 Å². The minimum atomic E-state index is -0.367. The van der Waals surface area contributed by atoms with E-state index in [0.717, 1.165) is 5.56 Å². The highest BCUT2D eigenvalue weighted by Crippen LogP contribution is 2.25. The molecule has 156 valence electrons. The van der Waals surface area contributed by atoms with E-state index in [1.54, 1.807) is 24.3 Å². The molecule has 0 aliphatic rings. The number of nitrogens with one attached hydrogen (secondary N) is 1. The summed E-state index contributed by atoms with van der Waals surface area (Å²) in [6, 6.07) is 10.5. The van der Waals surface area contributed by atoms with E-state index in [-0.39, 0.29) is 24.1 Å². The molecule has 1 aromatic heterocycles. The number of halogens is 1. The number of amides is 1. The zero-order valence-corrected chi connectivity index (χ0v) is 17.4. The molecule has 0 saturated heterocycles. The normalized spacial score (nSPS) is 11.1. The van der Waals surface area contributed by atoms with Crippen molar-refractivity contribution in [2.75, 3.05) is 34.0 Å². The Kier molecular flexibility index (Phi) is 9.20. The van der Waals surface area contributed by atoms with E-state index < -0.39 is 0 Å². The van der Waals surface area contributed by atoms with Gasteiger partial charge < -0.3 is 24.4 Å². The summed E-state index contributed by atoms with van der Waals surface area (Å²) >= 11 is 6.12. The molecule has 1 aromatic carbocycles. The number of rotatable bonds is 11. The molecular weight excluding hydrogens is 398 g/mol. The lowest BCUT2D eigenvalue weighted by atomic mass is 10.0. The van der Waals surface area contributed by atoms with Gasteiger partial charge in [-0.1, -0.05) is 41.0 Å². The lowest BCUT2D eigenvalue weighted by molar-refractivity contribution is -0.114. The van der Waals surface area contributed by atoms with Crippen LogP contribution in [0.5, 0.6) is 11.8 Å². The maximum Gasteiger partial charge on any atom is 0.273 e. The SMILES string of the molecule is CCOCCOc1nc(OCc2ccccc2C(=NOC)C(=O)NC)ccc1Cl. The van der Waals surface area contributed by atoms with Crippen molar-refractivity contribution < 1.29 is 23.8 Å². The molecule has 0 saturated carbocycles. The van der Waals surface area contributed by atoms with Crippen LogP contribution in [0.15, 0.2) is 41.6 Å². The monoisotopic (exact) mass is 421 g/mol. The molecule has 9 heteroatoms. The van der Waals surface area contributed by atoms with Gasteiger partial charge in [-0.25, -0.2) is 0 Å². The summed E-state index contributed by atoms with van der Waals surface area (Å²) in [6.07, 6.45) is 0. The second-order valence-corrected chi connectivity index (χ2v) is 6.04. The van der Waals surface area contributed by atoms with Crippen molar-refractivity contribution in [2.45, 2.75) is 13.5 Å². The van der Waals surface area contributed by atoms with Gasteiger partial charge in [-0.05, 0) is 18.6 Å². The van der Waals surface area contributed by atoms with E-state index in [4.69, 9.17) is 30.6 Å². The smallest absolute Gasteiger partial charge is 0.273 e. The van der Waals surface area contributed by atoms with E-state index >= 15 is 0 Å². The molecule has 0 atom stereocenters. The van der Waals surface area contributed by atoms with Gasteiger partial charge in [-0.15, -0.1) is 0 Å². The molecule has 8 nitrogen and oxygen atoms in total. The number of oxime groups is 1. The van der Waals surface area contributed by atoms with Crippen LogP contribution < -0.4 is 14.8 Å². The second kappa shape index (κ2) is 11.9. The van der Waals surface area contributed by atoms with Crippen LogP contribution in [0.3, 0.4) is 0 Å². The predicted octanol–water partition coefficient (Wildman–Crippen LogP) is 2.83. The number of pyridine rings is 1. The minimum Gasteiger partial charge on any atom is -0.474 e. The Bertz CT molecular complexity index is 845. The summed E-state index contributed by atoms with van der Waals surface area (Å²) in [4.78, 5) is 21.2. The van der Waals surface area contributed by atoms with Gasteiger partial charge in [0.15, 0.2) is 5.71 Å². The first kappa shape index (κ1) is 22.4. The third-order valence-corrected chi connectivity index (χ3v) is 4.02. The van der Waals surface area contributed by atoms with E-state index in [1.165, 1.54) is 14.2 Å². The van der Waals surface area contributed by atoms with Crippen molar-refractivity contribution in [1.82, 2.24) is 10.3 Å². The average Bonchev–Trinajstić information content (AvgIpc) is 2.75. The van der Waals surface area contributed by atoms with Crippen LogP contribution in [0.1, 0.15) is 18.1 Å². The van der Waals surface area contributed by atoms with Gasteiger partial charge in [0.25, 0.3) is 5.91 Å². The second-order valence-electron chi connectivity index (χ2n) is 5.63. The fourth-order valence-electron chi connectivity index (χ4n) is 2.38. The van der Waals surface area contributed by atoms with Crippen molar-refractivity contribution >= 4 is 23.2 Å². The zero-order valence-electron chi connectivity index (χ0n) is 16.6. The highest BCUT2D eigenvalue weighted by atomic mass is 35.5. The number of carbonyl (C=O) groups excluding carboxylic acids is 1. The van der Waals surface area contributed by atoms with Crippen molar-refractivity contribution in [3.05, 3.63) is 52.5 Å². The lowest BCUT2D eigenvalue weighted by Crippen LogP contribution is -2.29. The van der Waals surface area contributed by atoms with Gasteiger partial charge >= 0.3 is 0 Å². The van der Waals surface area contributed by atoms with Gasteiger partial charge in [0, 0.05) is 25.3 Å². The minimum absolute atomic E-state index is 0.151. The molecule has 1 heterocycles. The molecule has 0 fully saturated rings. The Morgan fingerprint density at radius 3 is 2.69 bits per heavy atom. The molecule has 2 rings (SSSR count). The fraction of sp³-hybridized carbons (Fsp3) is 0.350. The molecular formula is C20H24ClN3O5. The summed E-state index contributed by atoms with van der Waals surface area (Å²) in [7, 11) is 2.91. The van der Waals surface area contributed by atoms with Gasteiger partial charge in [0.05, 0.1) is 6.61 Å². The van der Waals surface area contributed by atoms with Crippen molar-refractivity contribution in [3.63, 3.8) is 0 Å². The summed E-state index contributed by atoms with van der Waals surface area (Å²) in [5.41, 5.74) is 1.48. The molecule has 2 aromatic rings. The van der Waals surface area contributed by atoms with Gasteiger partial charge in [-0.3, -0.25) is 4.79 Å². The van der Waals surface area contributed by atoms with E-state index in [0.29, 0.717) is 36.3 Å². The Labute approximate surface area is 174 Å². The molecule has 1 N–H and O–H groups in total. The quantitative estimate of drug-likeness (QED) is 0.341. The number of likely N-dealkylation sites (N-methyl/N-ethyl adjacent to an activating group) is 1. The number of hydrogen-bond donors (Lipinski definition) is 1. The van der Waals surface area contributed by atoms with Gasteiger partial charge in [0.1, 0.15) is 25.3 Å². The summed E-state index contributed by atoms with van der Waals surface area (Å²) in [5.74, 6) is 0.235. The highest BCUT2D eigenvalue weighted by molar-refractivity contribution is 6.45. The molecule has 0 aliphatic heterocycles. The number of ether oxygens (including phenoxy) is 3. The van der Waals surface area contributed by atoms with Crippen LogP contribution in [0.4, 0.5) is 0 Å². The standard InChI is InChI=1S/C20H24ClN3O5/c1-4-27-11-12-28-20-16(21)9-10-17(23-20)29-13-14-7-5-6-8-15(14)18(24-26-3)19(25)22-2/h5-10H,4,11-13H2,1-3H3,(H,22,25). The van der Waals surface area contributed by atoms with Gasteiger partial charge in [0.2, 0.25) is 11.8 Å². The van der Waals surface area contributed by atoms with E-state index in [1.807, 2.05) is 19.1 Å². The maximum absolute atomic E-state index is 12.1. The molecule has 0 unspecified atom stereocenters. The predicted molar refractivity (Wildman–Crippen MR) is 110 cm³/mol. The Balaban J connectivity index is 2.14. The summed E-state index contributed by atoms with van der Waals surface area (Å²) < 4.78 is 16.6. The van der Waals surface area contributed by atoms with Crippen LogP contribution in [0, 0.1) is 0 Å². The first-order chi connectivity index (χ1) is 14.1. The number of carbonyl (C=O) groups is 1. The molecule has 0 radical (unpaired) electrons. The fourth-order valence-corrected chi connectivity index (χ4v) is 2.54. The number of aromatic nitrogens is 1. The number of nitrogens with zero attached hydrogens (tertiary/aromatic N) is 2. The lowest BCUT2D eigenvalue weighted by Gasteiger charge is -2.13. The van der Waals surface area contributed by atoms with Crippen LogP contribution in [0.2, 0.25) is 5.02 Å². The number of hydrogen-bond acceptors (Lipinski definition) is 7. The summed E-state index contributed by atoms with van der Waals surface area (Å²) in [5, 5.41) is 6.76. The molecule has 0 aliphatic carbocycles. The van der Waals surface area contributed by atoms with Crippen molar-refractivity contribution in [3.8, 4) is 11.8 Å². The van der Waals surface area contributed by atoms with Crippen LogP contribution in [-0.4, -0.2) is 50.6 Å². The molecule has 0 spiro atoms. The van der Waals surface area contributed by atoms with Crippen LogP contribution in [0.25, 0.3) is 0 Å².